The van der Waals surface area contributed by atoms with Gasteiger partial charge >= 0.3 is 6.18 Å². The number of halogens is 3. The zero-order chi connectivity index (χ0) is 12.2. The summed E-state index contributed by atoms with van der Waals surface area (Å²) in [6, 6.07) is 3.50. The predicted octanol–water partition coefficient (Wildman–Crippen LogP) is 3.52. The number of rotatable bonds is 3. The molecule has 1 rings (SSSR count). The maximum absolute atomic E-state index is 12.6. The van der Waals surface area contributed by atoms with E-state index in [1.165, 1.54) is 19.2 Å². The molecule has 0 radical (unpaired) electrons. The molecule has 1 aromatic carbocycles. The molecule has 0 aliphatic heterocycles. The first kappa shape index (κ1) is 12.2. The highest BCUT2D eigenvalue weighted by Crippen LogP contribution is 2.34. The summed E-state index contributed by atoms with van der Waals surface area (Å²) in [4.78, 5) is 2.42. The molecule has 1 aromatic rings. The van der Waals surface area contributed by atoms with Gasteiger partial charge in [-0.1, -0.05) is 11.2 Å². The van der Waals surface area contributed by atoms with Crippen molar-refractivity contribution in [2.24, 2.45) is 5.11 Å². The molecule has 16 heavy (non-hydrogen) atoms. The molecule has 0 saturated carbocycles. The fourth-order valence-corrected chi connectivity index (χ4v) is 1.19. The van der Waals surface area contributed by atoms with Crippen LogP contribution in [0.15, 0.2) is 23.3 Å². The molecule has 0 amide bonds. The SMILES string of the molecule is COc1ccc(CN=[N+]=[N-])c(C(F)(F)F)c1. The van der Waals surface area contributed by atoms with Gasteiger partial charge in [-0.2, -0.15) is 13.2 Å². The molecule has 0 bridgehead atoms. The molecule has 7 heteroatoms. The van der Waals surface area contributed by atoms with E-state index in [-0.39, 0.29) is 17.9 Å². The minimum atomic E-state index is -4.49. The van der Waals surface area contributed by atoms with Crippen LogP contribution < -0.4 is 4.74 Å². The van der Waals surface area contributed by atoms with Gasteiger partial charge in [-0.3, -0.25) is 0 Å². The molecule has 0 aromatic heterocycles. The number of methoxy groups -OCH3 is 1. The van der Waals surface area contributed by atoms with E-state index in [0.717, 1.165) is 6.07 Å². The molecule has 0 saturated heterocycles. The first-order chi connectivity index (χ1) is 7.49. The molecule has 86 valence electrons. The van der Waals surface area contributed by atoms with E-state index in [1.54, 1.807) is 0 Å². The molecule has 0 aliphatic rings. The summed E-state index contributed by atoms with van der Waals surface area (Å²) < 4.78 is 42.5. The maximum atomic E-state index is 12.6. The van der Waals surface area contributed by atoms with Gasteiger partial charge in [0.25, 0.3) is 0 Å². The van der Waals surface area contributed by atoms with Crippen LogP contribution in [0.5, 0.6) is 5.75 Å². The first-order valence-corrected chi connectivity index (χ1v) is 4.24. The molecule has 0 unspecified atom stereocenters. The highest BCUT2D eigenvalue weighted by molar-refractivity contribution is 5.37. The third kappa shape index (κ3) is 2.80. The van der Waals surface area contributed by atoms with Gasteiger partial charge in [0.15, 0.2) is 0 Å². The normalized spacial score (nSPS) is 10.8. The Kier molecular flexibility index (Phi) is 3.63. The van der Waals surface area contributed by atoms with Crippen molar-refractivity contribution >= 4 is 0 Å². The third-order valence-corrected chi connectivity index (χ3v) is 1.93. The zero-order valence-electron chi connectivity index (χ0n) is 8.32. The van der Waals surface area contributed by atoms with Gasteiger partial charge in [-0.15, -0.1) is 0 Å². The first-order valence-electron chi connectivity index (χ1n) is 4.24. The van der Waals surface area contributed by atoms with Crippen LogP contribution in [0.25, 0.3) is 10.4 Å². The van der Waals surface area contributed by atoms with Crippen LogP contribution in [0.4, 0.5) is 13.2 Å². The Morgan fingerprint density at radius 3 is 2.62 bits per heavy atom. The second kappa shape index (κ2) is 4.76. The fraction of sp³-hybridized carbons (Fsp3) is 0.333. The van der Waals surface area contributed by atoms with Gasteiger partial charge in [-0.25, -0.2) is 0 Å². The van der Waals surface area contributed by atoms with Crippen LogP contribution in [0, 0.1) is 0 Å². The lowest BCUT2D eigenvalue weighted by molar-refractivity contribution is -0.138. The van der Waals surface area contributed by atoms with Crippen molar-refractivity contribution in [3.05, 3.63) is 39.8 Å². The summed E-state index contributed by atoms with van der Waals surface area (Å²) in [6.45, 7) is -0.338. The molecular weight excluding hydrogens is 223 g/mol. The van der Waals surface area contributed by atoms with Crippen molar-refractivity contribution in [1.29, 1.82) is 0 Å². The number of azide groups is 1. The molecule has 0 heterocycles. The van der Waals surface area contributed by atoms with Crippen molar-refractivity contribution in [1.82, 2.24) is 0 Å². The quantitative estimate of drug-likeness (QED) is 0.446. The van der Waals surface area contributed by atoms with Gasteiger partial charge in [-0.05, 0) is 23.2 Å². The van der Waals surface area contributed by atoms with Crippen molar-refractivity contribution in [2.75, 3.05) is 7.11 Å². The average molecular weight is 231 g/mol. The van der Waals surface area contributed by atoms with Crippen LogP contribution in [-0.4, -0.2) is 7.11 Å². The van der Waals surface area contributed by atoms with Crippen molar-refractivity contribution in [3.8, 4) is 5.75 Å². The average Bonchev–Trinajstić information content (AvgIpc) is 2.25. The van der Waals surface area contributed by atoms with Crippen LogP contribution in [0.2, 0.25) is 0 Å². The Morgan fingerprint density at radius 2 is 2.12 bits per heavy atom. The van der Waals surface area contributed by atoms with E-state index in [2.05, 4.69) is 10.0 Å². The van der Waals surface area contributed by atoms with E-state index in [0.29, 0.717) is 0 Å². The number of alkyl halides is 3. The molecule has 4 nitrogen and oxygen atoms in total. The number of nitrogens with zero attached hydrogens (tertiary/aromatic N) is 3. The standard InChI is InChI=1S/C9H8F3N3O/c1-16-7-3-2-6(5-14-15-13)8(4-7)9(10,11)12/h2-4H,5H2,1H3. The summed E-state index contributed by atoms with van der Waals surface area (Å²) in [5, 5.41) is 3.11. The second-order valence-electron chi connectivity index (χ2n) is 2.91. The largest absolute Gasteiger partial charge is 0.497 e. The van der Waals surface area contributed by atoms with Gasteiger partial charge in [0, 0.05) is 4.91 Å². The van der Waals surface area contributed by atoms with E-state index >= 15 is 0 Å². The summed E-state index contributed by atoms with van der Waals surface area (Å²) in [5.41, 5.74) is 7.15. The summed E-state index contributed by atoms with van der Waals surface area (Å²) in [6.07, 6.45) is -4.49. The van der Waals surface area contributed by atoms with E-state index < -0.39 is 11.7 Å². The highest BCUT2D eigenvalue weighted by atomic mass is 19.4. The smallest absolute Gasteiger partial charge is 0.416 e. The van der Waals surface area contributed by atoms with Crippen LogP contribution >= 0.6 is 0 Å². The molecule has 0 atom stereocenters. The minimum Gasteiger partial charge on any atom is -0.497 e. The topological polar surface area (TPSA) is 58.0 Å². The van der Waals surface area contributed by atoms with E-state index in [4.69, 9.17) is 10.3 Å². The molecule has 0 spiro atoms. The van der Waals surface area contributed by atoms with Crippen molar-refractivity contribution in [3.63, 3.8) is 0 Å². The minimum absolute atomic E-state index is 0.0777. The number of benzene rings is 1. The van der Waals surface area contributed by atoms with Crippen LogP contribution in [0.3, 0.4) is 0 Å². The molecule has 0 fully saturated rings. The third-order valence-electron chi connectivity index (χ3n) is 1.93. The lowest BCUT2D eigenvalue weighted by Crippen LogP contribution is -2.09. The Balaban J connectivity index is 3.21. The van der Waals surface area contributed by atoms with Gasteiger partial charge in [0.2, 0.25) is 0 Å². The Labute approximate surface area is 89.3 Å². The number of hydrogen-bond acceptors (Lipinski definition) is 2. The summed E-state index contributed by atoms with van der Waals surface area (Å²) >= 11 is 0. The van der Waals surface area contributed by atoms with Gasteiger partial charge < -0.3 is 4.74 Å². The van der Waals surface area contributed by atoms with Crippen LogP contribution in [0.1, 0.15) is 11.1 Å². The van der Waals surface area contributed by atoms with Gasteiger partial charge in [0.05, 0.1) is 19.2 Å². The Hall–Kier alpha value is -1.88. The second-order valence-corrected chi connectivity index (χ2v) is 2.91. The highest BCUT2D eigenvalue weighted by Gasteiger charge is 2.33. The molecule has 0 N–H and O–H groups in total. The lowest BCUT2D eigenvalue weighted by Gasteiger charge is -2.12. The molecular formula is C9H8F3N3O. The molecule has 0 aliphatic carbocycles. The predicted molar refractivity (Wildman–Crippen MR) is 50.8 cm³/mol. The lowest BCUT2D eigenvalue weighted by atomic mass is 10.1. The Bertz CT molecular complexity index is 424. The fourth-order valence-electron chi connectivity index (χ4n) is 1.19. The number of ether oxygens (including phenoxy) is 1. The van der Waals surface area contributed by atoms with E-state index in [1.807, 2.05) is 0 Å². The zero-order valence-corrected chi connectivity index (χ0v) is 8.32. The summed E-state index contributed by atoms with van der Waals surface area (Å²) in [5.74, 6) is 0.108. The summed E-state index contributed by atoms with van der Waals surface area (Å²) in [7, 11) is 1.28. The maximum Gasteiger partial charge on any atom is 0.416 e. The van der Waals surface area contributed by atoms with Crippen molar-refractivity contribution in [2.45, 2.75) is 12.7 Å². The monoisotopic (exact) mass is 231 g/mol. The number of hydrogen-bond donors (Lipinski definition) is 0. The van der Waals surface area contributed by atoms with Crippen molar-refractivity contribution < 1.29 is 17.9 Å². The van der Waals surface area contributed by atoms with Crippen LogP contribution in [-0.2, 0) is 12.7 Å². The Morgan fingerprint density at radius 1 is 1.44 bits per heavy atom. The van der Waals surface area contributed by atoms with E-state index in [9.17, 15) is 13.2 Å². The van der Waals surface area contributed by atoms with Gasteiger partial charge in [0.1, 0.15) is 5.75 Å².